The smallest absolute Gasteiger partial charge is 0.401 e. The molecule has 0 spiro atoms. The van der Waals surface area contributed by atoms with Crippen molar-refractivity contribution in [3.05, 3.63) is 24.5 Å². The summed E-state index contributed by atoms with van der Waals surface area (Å²) < 4.78 is 43.6. The average Bonchev–Trinajstić information content (AvgIpc) is 3.12. The fraction of sp³-hybridized carbons (Fsp3) is 0.684. The van der Waals surface area contributed by atoms with Gasteiger partial charge in [0, 0.05) is 32.4 Å². The third-order valence-corrected chi connectivity index (χ3v) is 4.54. The molecule has 6 nitrogen and oxygen atoms in total. The van der Waals surface area contributed by atoms with E-state index in [0.717, 1.165) is 25.5 Å². The van der Waals surface area contributed by atoms with E-state index < -0.39 is 12.7 Å². The molecule has 158 valence electrons. The second kappa shape index (κ2) is 11.1. The Morgan fingerprint density at radius 2 is 2.25 bits per heavy atom. The van der Waals surface area contributed by atoms with Crippen LogP contribution in [0, 0.1) is 5.92 Å². The van der Waals surface area contributed by atoms with Crippen LogP contribution in [0.15, 0.2) is 29.5 Å². The van der Waals surface area contributed by atoms with Gasteiger partial charge in [-0.05, 0) is 37.9 Å². The molecular formula is C19H30F3N5O. The van der Waals surface area contributed by atoms with E-state index in [1.54, 1.807) is 19.3 Å². The quantitative estimate of drug-likeness (QED) is 0.392. The lowest BCUT2D eigenvalue weighted by Crippen LogP contribution is -2.42. The average molecular weight is 401 g/mol. The summed E-state index contributed by atoms with van der Waals surface area (Å²) in [6.07, 6.45) is 0.0524. The second-order valence-corrected chi connectivity index (χ2v) is 6.82. The molecule has 2 rings (SSSR count). The first-order valence-corrected chi connectivity index (χ1v) is 9.76. The molecule has 0 bridgehead atoms. The van der Waals surface area contributed by atoms with Gasteiger partial charge < -0.3 is 15.0 Å². The normalized spacial score (nSPS) is 18.0. The number of rotatable bonds is 9. The predicted molar refractivity (Wildman–Crippen MR) is 104 cm³/mol. The number of guanidine groups is 1. The highest BCUT2D eigenvalue weighted by molar-refractivity contribution is 5.80. The molecule has 0 aromatic carbocycles. The van der Waals surface area contributed by atoms with Crippen LogP contribution >= 0.6 is 0 Å². The van der Waals surface area contributed by atoms with Crippen LogP contribution in [0.2, 0.25) is 0 Å². The largest absolute Gasteiger partial charge is 0.490 e. The van der Waals surface area contributed by atoms with Crippen LogP contribution in [0.3, 0.4) is 0 Å². The Balaban J connectivity index is 1.83. The number of aromatic nitrogens is 1. The first-order valence-electron chi connectivity index (χ1n) is 9.76. The van der Waals surface area contributed by atoms with Gasteiger partial charge in [-0.1, -0.05) is 6.92 Å². The molecule has 1 fully saturated rings. The van der Waals surface area contributed by atoms with Gasteiger partial charge in [0.1, 0.15) is 12.4 Å². The van der Waals surface area contributed by atoms with Crippen LogP contribution < -0.4 is 10.1 Å². The Morgan fingerprint density at radius 3 is 2.89 bits per heavy atom. The summed E-state index contributed by atoms with van der Waals surface area (Å²) in [6, 6.07) is 3.65. The number of hydrogen-bond donors (Lipinski definition) is 1. The minimum absolute atomic E-state index is 0.206. The SMILES string of the molecule is CCNC(=NCCOc1cccnc1)N1CCC(CN(CC)CC(F)(F)F)C1. The van der Waals surface area contributed by atoms with E-state index in [-0.39, 0.29) is 5.92 Å². The summed E-state index contributed by atoms with van der Waals surface area (Å²) >= 11 is 0. The fourth-order valence-corrected chi connectivity index (χ4v) is 3.27. The summed E-state index contributed by atoms with van der Waals surface area (Å²) in [5.41, 5.74) is 0. The van der Waals surface area contributed by atoms with Gasteiger partial charge in [-0.3, -0.25) is 9.88 Å². The van der Waals surface area contributed by atoms with Gasteiger partial charge in [-0.2, -0.15) is 13.2 Å². The first kappa shape index (κ1) is 22.3. The zero-order valence-electron chi connectivity index (χ0n) is 16.6. The van der Waals surface area contributed by atoms with Crippen LogP contribution in [0.4, 0.5) is 13.2 Å². The summed E-state index contributed by atoms with van der Waals surface area (Å²) in [5, 5.41) is 3.26. The maximum Gasteiger partial charge on any atom is 0.401 e. The van der Waals surface area contributed by atoms with Crippen LogP contribution in [0.1, 0.15) is 20.3 Å². The molecule has 1 unspecified atom stereocenters. The Bertz CT molecular complexity index is 597. The molecular weight excluding hydrogens is 371 g/mol. The molecule has 0 saturated carbocycles. The van der Waals surface area contributed by atoms with E-state index in [1.807, 2.05) is 19.1 Å². The molecule has 0 aliphatic carbocycles. The summed E-state index contributed by atoms with van der Waals surface area (Å²) in [6.45, 7) is 6.95. The molecule has 1 aromatic rings. The maximum absolute atomic E-state index is 12.7. The van der Waals surface area contributed by atoms with Crippen molar-refractivity contribution in [3.63, 3.8) is 0 Å². The standard InChI is InChI=1S/C19H30F3N5O/c1-3-24-18(25-9-11-28-17-6-5-8-23-12-17)27-10-7-16(14-27)13-26(4-2)15-19(20,21)22/h5-6,8,12,16H,3-4,7,9-11,13-15H2,1-2H3,(H,24,25). The number of nitrogens with one attached hydrogen (secondary N) is 1. The van der Waals surface area contributed by atoms with Crippen molar-refractivity contribution in [1.29, 1.82) is 0 Å². The predicted octanol–water partition coefficient (Wildman–Crippen LogP) is 2.63. The molecule has 28 heavy (non-hydrogen) atoms. The van der Waals surface area contributed by atoms with Crippen LogP contribution in [0.25, 0.3) is 0 Å². The molecule has 1 aromatic heterocycles. The van der Waals surface area contributed by atoms with Gasteiger partial charge >= 0.3 is 6.18 Å². The number of likely N-dealkylation sites (tertiary alicyclic amines) is 1. The molecule has 0 radical (unpaired) electrons. The van der Waals surface area contributed by atoms with Crippen molar-refractivity contribution < 1.29 is 17.9 Å². The monoisotopic (exact) mass is 401 g/mol. The molecule has 9 heteroatoms. The third-order valence-electron chi connectivity index (χ3n) is 4.54. The van der Waals surface area contributed by atoms with Crippen molar-refractivity contribution in [3.8, 4) is 5.75 Å². The van der Waals surface area contributed by atoms with Crippen molar-refractivity contribution in [2.75, 3.05) is 52.4 Å². The third kappa shape index (κ3) is 7.92. The number of nitrogens with zero attached hydrogens (tertiary/aromatic N) is 4. The number of aliphatic imine (C=N–C) groups is 1. The van der Waals surface area contributed by atoms with E-state index >= 15 is 0 Å². The van der Waals surface area contributed by atoms with Crippen LogP contribution in [0.5, 0.6) is 5.75 Å². The molecule has 1 N–H and O–H groups in total. The van der Waals surface area contributed by atoms with Gasteiger partial charge in [0.25, 0.3) is 0 Å². The molecule has 1 saturated heterocycles. The maximum atomic E-state index is 12.7. The lowest BCUT2D eigenvalue weighted by Gasteiger charge is -2.26. The van der Waals surface area contributed by atoms with Gasteiger partial charge in [0.2, 0.25) is 0 Å². The van der Waals surface area contributed by atoms with Crippen molar-refractivity contribution >= 4 is 5.96 Å². The Morgan fingerprint density at radius 1 is 1.43 bits per heavy atom. The molecule has 1 aliphatic heterocycles. The lowest BCUT2D eigenvalue weighted by atomic mass is 10.1. The van der Waals surface area contributed by atoms with E-state index in [9.17, 15) is 13.2 Å². The van der Waals surface area contributed by atoms with Gasteiger partial charge in [-0.25, -0.2) is 4.99 Å². The summed E-state index contributed by atoms with van der Waals surface area (Å²) in [4.78, 5) is 12.2. The number of pyridine rings is 1. The van der Waals surface area contributed by atoms with E-state index in [4.69, 9.17) is 4.74 Å². The van der Waals surface area contributed by atoms with E-state index in [0.29, 0.717) is 38.5 Å². The molecule has 2 heterocycles. The van der Waals surface area contributed by atoms with Crippen LogP contribution in [-0.4, -0.2) is 79.3 Å². The number of ether oxygens (including phenoxy) is 1. The Hall–Kier alpha value is -2.03. The molecule has 0 amide bonds. The fourth-order valence-electron chi connectivity index (χ4n) is 3.27. The minimum atomic E-state index is -4.15. The highest BCUT2D eigenvalue weighted by atomic mass is 19.4. The van der Waals surface area contributed by atoms with Crippen molar-refractivity contribution in [2.45, 2.75) is 26.4 Å². The van der Waals surface area contributed by atoms with Gasteiger partial charge in [0.05, 0.1) is 19.3 Å². The second-order valence-electron chi connectivity index (χ2n) is 6.82. The zero-order valence-corrected chi connectivity index (χ0v) is 16.6. The Kier molecular flexibility index (Phi) is 8.82. The van der Waals surface area contributed by atoms with Crippen molar-refractivity contribution in [1.82, 2.24) is 20.1 Å². The van der Waals surface area contributed by atoms with Gasteiger partial charge in [0.15, 0.2) is 5.96 Å². The molecule has 1 atom stereocenters. The number of hydrogen-bond acceptors (Lipinski definition) is 4. The highest BCUT2D eigenvalue weighted by Crippen LogP contribution is 2.21. The van der Waals surface area contributed by atoms with Gasteiger partial charge in [-0.15, -0.1) is 0 Å². The number of halogens is 3. The van der Waals surface area contributed by atoms with E-state index in [1.165, 1.54) is 4.90 Å². The topological polar surface area (TPSA) is 53.0 Å². The Labute approximate surface area is 164 Å². The zero-order chi connectivity index (χ0) is 20.4. The lowest BCUT2D eigenvalue weighted by molar-refractivity contribution is -0.146. The molecule has 1 aliphatic rings. The summed E-state index contributed by atoms with van der Waals surface area (Å²) in [7, 11) is 0. The van der Waals surface area contributed by atoms with E-state index in [2.05, 4.69) is 20.2 Å². The minimum Gasteiger partial charge on any atom is -0.490 e. The summed E-state index contributed by atoms with van der Waals surface area (Å²) in [5.74, 6) is 1.70. The highest BCUT2D eigenvalue weighted by Gasteiger charge is 2.32. The number of alkyl halides is 3. The first-order chi connectivity index (χ1) is 13.4. The van der Waals surface area contributed by atoms with Crippen LogP contribution in [-0.2, 0) is 0 Å². The van der Waals surface area contributed by atoms with Crippen molar-refractivity contribution in [2.24, 2.45) is 10.9 Å².